The second-order valence-electron chi connectivity index (χ2n) is 6.95. The fraction of sp³-hybridized carbons (Fsp3) is 0.0400. The zero-order valence-electron chi connectivity index (χ0n) is 15.3. The molecule has 28 heavy (non-hydrogen) atoms. The monoisotopic (exact) mass is 366 g/mol. The van der Waals surface area contributed by atoms with E-state index in [2.05, 4.69) is 64.5 Å². The Morgan fingerprint density at radius 2 is 1.36 bits per heavy atom. The molecule has 0 atom stereocenters. The van der Waals surface area contributed by atoms with Crippen LogP contribution in [0.25, 0.3) is 21.8 Å². The van der Waals surface area contributed by atoms with E-state index in [4.69, 9.17) is 0 Å². The molecule has 3 heteroatoms. The number of benzene rings is 4. The lowest BCUT2D eigenvalue weighted by Crippen LogP contribution is -1.99. The molecule has 2 nitrogen and oxygen atoms in total. The quantitative estimate of drug-likeness (QED) is 0.373. The molecule has 0 spiro atoms. The van der Waals surface area contributed by atoms with Crippen molar-refractivity contribution >= 4 is 33.2 Å². The number of anilines is 2. The van der Waals surface area contributed by atoms with Gasteiger partial charge in [-0.2, -0.15) is 0 Å². The molecule has 0 amide bonds. The highest BCUT2D eigenvalue weighted by Gasteiger charge is 2.11. The number of halogens is 1. The Kier molecular flexibility index (Phi) is 4.06. The summed E-state index contributed by atoms with van der Waals surface area (Å²) >= 11 is 0. The topological polar surface area (TPSA) is 17.0 Å². The molecule has 0 saturated carbocycles. The van der Waals surface area contributed by atoms with E-state index in [0.717, 1.165) is 16.9 Å². The zero-order valence-corrected chi connectivity index (χ0v) is 15.3. The molecule has 5 aromatic rings. The minimum absolute atomic E-state index is 0.206. The molecule has 0 aliphatic rings. The summed E-state index contributed by atoms with van der Waals surface area (Å²) in [5.41, 5.74) is 5.55. The highest BCUT2D eigenvalue weighted by atomic mass is 19.1. The third-order valence-corrected chi connectivity index (χ3v) is 5.09. The predicted molar refractivity (Wildman–Crippen MR) is 115 cm³/mol. The van der Waals surface area contributed by atoms with Crippen molar-refractivity contribution in [1.82, 2.24) is 4.57 Å². The van der Waals surface area contributed by atoms with Crippen LogP contribution >= 0.6 is 0 Å². The summed E-state index contributed by atoms with van der Waals surface area (Å²) < 4.78 is 15.6. The molecule has 0 unspecified atom stereocenters. The molecule has 1 heterocycles. The van der Waals surface area contributed by atoms with Gasteiger partial charge in [0.15, 0.2) is 0 Å². The Balaban J connectivity index is 1.62. The molecule has 136 valence electrons. The van der Waals surface area contributed by atoms with Gasteiger partial charge in [-0.1, -0.05) is 48.5 Å². The van der Waals surface area contributed by atoms with Gasteiger partial charge in [0.1, 0.15) is 5.82 Å². The van der Waals surface area contributed by atoms with E-state index >= 15 is 0 Å². The molecule has 0 radical (unpaired) electrons. The zero-order chi connectivity index (χ0) is 18.9. The van der Waals surface area contributed by atoms with Gasteiger partial charge in [0.2, 0.25) is 0 Å². The maximum Gasteiger partial charge on any atom is 0.123 e. The molecule has 0 bridgehead atoms. The van der Waals surface area contributed by atoms with E-state index in [1.54, 1.807) is 0 Å². The Bertz CT molecular complexity index is 1250. The first-order valence-electron chi connectivity index (χ1n) is 9.35. The van der Waals surface area contributed by atoms with Crippen molar-refractivity contribution in [3.8, 4) is 0 Å². The number of hydrogen-bond donors (Lipinski definition) is 1. The van der Waals surface area contributed by atoms with Crippen molar-refractivity contribution in [3.05, 3.63) is 108 Å². The third kappa shape index (κ3) is 3.01. The standard InChI is InChI=1S/C25H19FN2/c26-19-12-10-18(11-13-19)17-28-24-9-5-4-8-22(24)23-16-21(14-15-25(23)28)27-20-6-2-1-3-7-20/h1-16,27H,17H2. The summed E-state index contributed by atoms with van der Waals surface area (Å²) in [6.07, 6.45) is 0. The molecule has 0 aliphatic heterocycles. The number of fused-ring (bicyclic) bond motifs is 3. The molecular formula is C25H19FN2. The fourth-order valence-corrected chi connectivity index (χ4v) is 3.76. The molecule has 5 rings (SSSR count). The lowest BCUT2D eigenvalue weighted by molar-refractivity contribution is 0.626. The maximum absolute atomic E-state index is 13.3. The van der Waals surface area contributed by atoms with E-state index in [0.29, 0.717) is 6.54 Å². The number of aromatic nitrogens is 1. The largest absolute Gasteiger partial charge is 0.356 e. The Morgan fingerprint density at radius 1 is 0.643 bits per heavy atom. The molecule has 1 N–H and O–H groups in total. The Labute approximate surface area is 162 Å². The normalized spacial score (nSPS) is 11.2. The van der Waals surface area contributed by atoms with Crippen LogP contribution in [-0.2, 0) is 6.54 Å². The van der Waals surface area contributed by atoms with Crippen molar-refractivity contribution < 1.29 is 4.39 Å². The van der Waals surface area contributed by atoms with Gasteiger partial charge >= 0.3 is 0 Å². The van der Waals surface area contributed by atoms with Gasteiger partial charge in [-0.05, 0) is 54.1 Å². The molecule has 0 fully saturated rings. The van der Waals surface area contributed by atoms with E-state index in [1.165, 1.54) is 33.9 Å². The van der Waals surface area contributed by atoms with Crippen molar-refractivity contribution in [3.63, 3.8) is 0 Å². The van der Waals surface area contributed by atoms with Crippen molar-refractivity contribution in [1.29, 1.82) is 0 Å². The minimum Gasteiger partial charge on any atom is -0.356 e. The lowest BCUT2D eigenvalue weighted by atomic mass is 10.1. The summed E-state index contributed by atoms with van der Waals surface area (Å²) in [7, 11) is 0. The number of rotatable bonds is 4. The molecule has 1 aromatic heterocycles. The number of hydrogen-bond acceptors (Lipinski definition) is 1. The fourth-order valence-electron chi connectivity index (χ4n) is 3.76. The van der Waals surface area contributed by atoms with E-state index in [9.17, 15) is 4.39 Å². The third-order valence-electron chi connectivity index (χ3n) is 5.09. The summed E-state index contributed by atoms with van der Waals surface area (Å²) in [6.45, 7) is 0.704. The van der Waals surface area contributed by atoms with Crippen molar-refractivity contribution in [2.24, 2.45) is 0 Å². The lowest BCUT2D eigenvalue weighted by Gasteiger charge is -2.09. The van der Waals surface area contributed by atoms with Crippen LogP contribution < -0.4 is 5.32 Å². The number of nitrogens with zero attached hydrogens (tertiary/aromatic N) is 1. The highest BCUT2D eigenvalue weighted by Crippen LogP contribution is 2.32. The van der Waals surface area contributed by atoms with Gasteiger partial charge in [-0.25, -0.2) is 4.39 Å². The number of para-hydroxylation sites is 2. The summed E-state index contributed by atoms with van der Waals surface area (Å²) in [6, 6.07) is 31.8. The highest BCUT2D eigenvalue weighted by molar-refractivity contribution is 6.09. The average Bonchev–Trinajstić information content (AvgIpc) is 3.04. The van der Waals surface area contributed by atoms with Crippen LogP contribution in [0.15, 0.2) is 97.1 Å². The maximum atomic E-state index is 13.3. The van der Waals surface area contributed by atoms with Crippen LogP contribution in [0.1, 0.15) is 5.56 Å². The second-order valence-corrected chi connectivity index (χ2v) is 6.95. The summed E-state index contributed by atoms with van der Waals surface area (Å²) in [5.74, 6) is -0.206. The summed E-state index contributed by atoms with van der Waals surface area (Å²) in [4.78, 5) is 0. The molecular weight excluding hydrogens is 347 g/mol. The Hall–Kier alpha value is -3.59. The molecule has 4 aromatic carbocycles. The van der Waals surface area contributed by atoms with Gasteiger partial charge in [-0.15, -0.1) is 0 Å². The first kappa shape index (κ1) is 16.6. The molecule has 0 saturated heterocycles. The second kappa shape index (κ2) is 6.86. The van der Waals surface area contributed by atoms with Crippen molar-refractivity contribution in [2.75, 3.05) is 5.32 Å². The number of nitrogens with one attached hydrogen (secondary N) is 1. The SMILES string of the molecule is Fc1ccc(Cn2c3ccccc3c3cc(Nc4ccccc4)ccc32)cc1. The van der Waals surface area contributed by atoms with Gasteiger partial charge < -0.3 is 9.88 Å². The van der Waals surface area contributed by atoms with E-state index < -0.39 is 0 Å². The smallest absolute Gasteiger partial charge is 0.123 e. The summed E-state index contributed by atoms with van der Waals surface area (Å²) in [5, 5.41) is 5.90. The first-order valence-corrected chi connectivity index (χ1v) is 9.35. The van der Waals surface area contributed by atoms with Gasteiger partial charge in [0.05, 0.1) is 0 Å². The van der Waals surface area contributed by atoms with Crippen molar-refractivity contribution in [2.45, 2.75) is 6.54 Å². The van der Waals surface area contributed by atoms with Crippen LogP contribution in [0.5, 0.6) is 0 Å². The predicted octanol–water partition coefficient (Wildman–Crippen LogP) is 6.73. The first-order chi connectivity index (χ1) is 13.8. The Morgan fingerprint density at radius 3 is 2.18 bits per heavy atom. The van der Waals surface area contributed by atoms with Crippen LogP contribution in [0.2, 0.25) is 0 Å². The van der Waals surface area contributed by atoms with E-state index in [1.807, 2.05) is 30.3 Å². The minimum atomic E-state index is -0.206. The van der Waals surface area contributed by atoms with Gasteiger partial charge in [0.25, 0.3) is 0 Å². The van der Waals surface area contributed by atoms with Gasteiger partial charge in [0, 0.05) is 39.7 Å². The molecule has 0 aliphatic carbocycles. The van der Waals surface area contributed by atoms with E-state index in [-0.39, 0.29) is 5.82 Å². The van der Waals surface area contributed by atoms with Crippen LogP contribution in [0.3, 0.4) is 0 Å². The van der Waals surface area contributed by atoms with Crippen LogP contribution in [0.4, 0.5) is 15.8 Å². The van der Waals surface area contributed by atoms with Crippen LogP contribution in [0, 0.1) is 5.82 Å². The van der Waals surface area contributed by atoms with Gasteiger partial charge in [-0.3, -0.25) is 0 Å². The average molecular weight is 366 g/mol. The van der Waals surface area contributed by atoms with Crippen LogP contribution in [-0.4, -0.2) is 4.57 Å².